The Morgan fingerprint density at radius 2 is 2.47 bits per heavy atom. The molecule has 0 aromatic heterocycles. The highest BCUT2D eigenvalue weighted by Crippen LogP contribution is 2.16. The van der Waals surface area contributed by atoms with Gasteiger partial charge in [-0.1, -0.05) is 6.07 Å². The van der Waals surface area contributed by atoms with Gasteiger partial charge in [0.1, 0.15) is 5.82 Å². The van der Waals surface area contributed by atoms with E-state index in [0.717, 1.165) is 17.2 Å². The standard InChI is InChI=1S/C11H12BrFN2OS/c12-8-2-1-7(3-9(8)13)4-14-11(16)10-5-17-6-15-10/h1-3,10,15H,4-6H2,(H,14,16). The van der Waals surface area contributed by atoms with E-state index in [2.05, 4.69) is 26.6 Å². The molecule has 0 radical (unpaired) electrons. The van der Waals surface area contributed by atoms with Gasteiger partial charge < -0.3 is 5.32 Å². The SMILES string of the molecule is O=C(NCc1ccc(Br)c(F)c1)C1CSCN1. The van der Waals surface area contributed by atoms with E-state index in [1.165, 1.54) is 6.07 Å². The van der Waals surface area contributed by atoms with Crippen molar-refractivity contribution in [3.05, 3.63) is 34.1 Å². The number of carbonyl (C=O) groups is 1. The Labute approximate surface area is 112 Å². The molecule has 17 heavy (non-hydrogen) atoms. The minimum atomic E-state index is -0.314. The highest BCUT2D eigenvalue weighted by atomic mass is 79.9. The van der Waals surface area contributed by atoms with E-state index in [-0.39, 0.29) is 17.8 Å². The maximum Gasteiger partial charge on any atom is 0.238 e. The van der Waals surface area contributed by atoms with Crippen molar-refractivity contribution in [2.45, 2.75) is 12.6 Å². The molecule has 92 valence electrons. The van der Waals surface area contributed by atoms with Gasteiger partial charge in [0.2, 0.25) is 5.91 Å². The molecule has 3 nitrogen and oxygen atoms in total. The predicted octanol–water partition coefficient (Wildman–Crippen LogP) is 1.87. The van der Waals surface area contributed by atoms with E-state index in [4.69, 9.17) is 0 Å². The number of benzene rings is 1. The normalized spacial score (nSPS) is 19.3. The van der Waals surface area contributed by atoms with Gasteiger partial charge >= 0.3 is 0 Å². The molecule has 1 amide bonds. The fraction of sp³-hybridized carbons (Fsp3) is 0.364. The molecule has 1 heterocycles. The van der Waals surface area contributed by atoms with Gasteiger partial charge in [-0.25, -0.2) is 4.39 Å². The van der Waals surface area contributed by atoms with Crippen molar-refractivity contribution in [3.63, 3.8) is 0 Å². The summed E-state index contributed by atoms with van der Waals surface area (Å²) < 4.78 is 13.7. The summed E-state index contributed by atoms with van der Waals surface area (Å²) in [4.78, 5) is 11.7. The van der Waals surface area contributed by atoms with Crippen molar-refractivity contribution < 1.29 is 9.18 Å². The first kappa shape index (κ1) is 12.9. The summed E-state index contributed by atoms with van der Waals surface area (Å²) in [7, 11) is 0. The maximum absolute atomic E-state index is 13.2. The zero-order valence-electron chi connectivity index (χ0n) is 9.00. The number of amides is 1. The third-order valence-electron chi connectivity index (χ3n) is 2.48. The Kier molecular flexibility index (Phi) is 4.42. The Morgan fingerprint density at radius 3 is 3.12 bits per heavy atom. The van der Waals surface area contributed by atoms with Gasteiger partial charge in [0.25, 0.3) is 0 Å². The number of thioether (sulfide) groups is 1. The monoisotopic (exact) mass is 318 g/mol. The summed E-state index contributed by atoms with van der Waals surface area (Å²) in [6, 6.07) is 4.71. The quantitative estimate of drug-likeness (QED) is 0.894. The number of rotatable bonds is 3. The summed E-state index contributed by atoms with van der Waals surface area (Å²) in [6.45, 7) is 0.353. The van der Waals surface area contributed by atoms with Crippen LogP contribution in [0.4, 0.5) is 4.39 Å². The van der Waals surface area contributed by atoms with Crippen molar-refractivity contribution in [2.75, 3.05) is 11.6 Å². The van der Waals surface area contributed by atoms with Crippen molar-refractivity contribution >= 4 is 33.6 Å². The third kappa shape index (κ3) is 3.43. The summed E-state index contributed by atoms with van der Waals surface area (Å²) in [6.07, 6.45) is 0. The molecular formula is C11H12BrFN2OS. The molecule has 1 aromatic carbocycles. The molecule has 1 aromatic rings. The molecule has 1 fully saturated rings. The summed E-state index contributed by atoms with van der Waals surface area (Å²) in [5, 5.41) is 5.87. The average Bonchev–Trinajstić information content (AvgIpc) is 2.84. The second-order valence-corrected chi connectivity index (χ2v) is 5.62. The number of hydrogen-bond acceptors (Lipinski definition) is 3. The molecule has 2 N–H and O–H groups in total. The van der Waals surface area contributed by atoms with Gasteiger partial charge in [-0.3, -0.25) is 10.1 Å². The van der Waals surface area contributed by atoms with Crippen LogP contribution in [0.1, 0.15) is 5.56 Å². The Hall–Kier alpha value is -0.590. The Morgan fingerprint density at radius 1 is 1.65 bits per heavy atom. The second kappa shape index (κ2) is 5.84. The van der Waals surface area contributed by atoms with E-state index in [1.54, 1.807) is 23.9 Å². The van der Waals surface area contributed by atoms with Crippen LogP contribution in [0.5, 0.6) is 0 Å². The van der Waals surface area contributed by atoms with Crippen LogP contribution in [0.15, 0.2) is 22.7 Å². The van der Waals surface area contributed by atoms with Crippen LogP contribution < -0.4 is 10.6 Å². The van der Waals surface area contributed by atoms with E-state index in [0.29, 0.717) is 11.0 Å². The van der Waals surface area contributed by atoms with Crippen LogP contribution in [0.2, 0.25) is 0 Å². The summed E-state index contributed by atoms with van der Waals surface area (Å²) in [5.74, 6) is 1.26. The first-order chi connectivity index (χ1) is 8.16. The van der Waals surface area contributed by atoms with Gasteiger partial charge in [0.15, 0.2) is 0 Å². The van der Waals surface area contributed by atoms with Gasteiger partial charge in [-0.2, -0.15) is 0 Å². The lowest BCUT2D eigenvalue weighted by Gasteiger charge is -2.10. The van der Waals surface area contributed by atoms with Crippen LogP contribution in [0.25, 0.3) is 0 Å². The highest BCUT2D eigenvalue weighted by molar-refractivity contribution is 9.10. The fourth-order valence-electron chi connectivity index (χ4n) is 1.53. The molecule has 1 aliphatic heterocycles. The molecule has 1 atom stereocenters. The van der Waals surface area contributed by atoms with Gasteiger partial charge in [0, 0.05) is 18.2 Å². The lowest BCUT2D eigenvalue weighted by Crippen LogP contribution is -2.41. The lowest BCUT2D eigenvalue weighted by atomic mass is 10.2. The van der Waals surface area contributed by atoms with Gasteiger partial charge in [-0.15, -0.1) is 11.8 Å². The zero-order valence-corrected chi connectivity index (χ0v) is 11.4. The molecule has 0 saturated carbocycles. The number of halogens is 2. The van der Waals surface area contributed by atoms with Crippen LogP contribution >= 0.6 is 27.7 Å². The minimum absolute atomic E-state index is 0.0293. The molecule has 1 aliphatic rings. The van der Waals surface area contributed by atoms with E-state index in [9.17, 15) is 9.18 Å². The Balaban J connectivity index is 1.88. The van der Waals surface area contributed by atoms with E-state index < -0.39 is 0 Å². The molecule has 1 unspecified atom stereocenters. The fourth-order valence-corrected chi connectivity index (χ4v) is 2.71. The molecule has 0 aliphatic carbocycles. The van der Waals surface area contributed by atoms with Crippen LogP contribution in [0, 0.1) is 5.82 Å². The molecule has 1 saturated heterocycles. The van der Waals surface area contributed by atoms with Gasteiger partial charge in [0.05, 0.1) is 10.5 Å². The van der Waals surface area contributed by atoms with Crippen molar-refractivity contribution in [2.24, 2.45) is 0 Å². The molecule has 2 rings (SSSR count). The van der Waals surface area contributed by atoms with E-state index in [1.807, 2.05) is 0 Å². The highest BCUT2D eigenvalue weighted by Gasteiger charge is 2.21. The largest absolute Gasteiger partial charge is 0.351 e. The maximum atomic E-state index is 13.2. The van der Waals surface area contributed by atoms with Crippen molar-refractivity contribution in [1.82, 2.24) is 10.6 Å². The van der Waals surface area contributed by atoms with Crippen molar-refractivity contribution in [3.8, 4) is 0 Å². The van der Waals surface area contributed by atoms with Gasteiger partial charge in [-0.05, 0) is 33.6 Å². The van der Waals surface area contributed by atoms with Crippen LogP contribution in [-0.2, 0) is 11.3 Å². The number of carbonyl (C=O) groups excluding carboxylic acids is 1. The summed E-state index contributed by atoms with van der Waals surface area (Å²) >= 11 is 4.79. The third-order valence-corrected chi connectivity index (χ3v) is 4.07. The average molecular weight is 319 g/mol. The first-order valence-corrected chi connectivity index (χ1v) is 7.14. The smallest absolute Gasteiger partial charge is 0.238 e. The number of nitrogens with one attached hydrogen (secondary N) is 2. The zero-order chi connectivity index (χ0) is 12.3. The topological polar surface area (TPSA) is 41.1 Å². The van der Waals surface area contributed by atoms with E-state index >= 15 is 0 Å². The Bertz CT molecular complexity index is 424. The number of hydrogen-bond donors (Lipinski definition) is 2. The summed E-state index contributed by atoms with van der Waals surface area (Å²) in [5.41, 5.74) is 0.754. The predicted molar refractivity (Wildman–Crippen MR) is 70.2 cm³/mol. The minimum Gasteiger partial charge on any atom is -0.351 e. The molecule has 6 heteroatoms. The van der Waals surface area contributed by atoms with Crippen molar-refractivity contribution in [1.29, 1.82) is 0 Å². The molecule has 0 bridgehead atoms. The molecule has 0 spiro atoms. The van der Waals surface area contributed by atoms with Crippen LogP contribution in [-0.4, -0.2) is 23.6 Å². The lowest BCUT2D eigenvalue weighted by molar-refractivity contribution is -0.122. The first-order valence-electron chi connectivity index (χ1n) is 5.19. The van der Waals surface area contributed by atoms with Crippen LogP contribution in [0.3, 0.4) is 0 Å². The second-order valence-electron chi connectivity index (χ2n) is 3.74. The molecular weight excluding hydrogens is 307 g/mol.